The van der Waals surface area contributed by atoms with E-state index in [1.807, 2.05) is 19.1 Å². The Morgan fingerprint density at radius 3 is 2.63 bits per heavy atom. The molecule has 9 nitrogen and oxygen atoms in total. The highest BCUT2D eigenvalue weighted by Crippen LogP contribution is 2.36. The van der Waals surface area contributed by atoms with Crippen molar-refractivity contribution < 1.29 is 9.59 Å². The second-order valence-electron chi connectivity index (χ2n) is 9.08. The van der Waals surface area contributed by atoms with E-state index in [1.54, 1.807) is 48.7 Å². The van der Waals surface area contributed by atoms with E-state index in [0.29, 0.717) is 36.2 Å². The van der Waals surface area contributed by atoms with Crippen molar-refractivity contribution in [1.29, 1.82) is 0 Å². The van der Waals surface area contributed by atoms with Crippen molar-refractivity contribution in [1.82, 2.24) is 15.0 Å². The molecule has 3 heterocycles. The molecule has 1 aliphatic heterocycles. The molecule has 1 saturated carbocycles. The van der Waals surface area contributed by atoms with Gasteiger partial charge in [0.05, 0.1) is 6.20 Å². The SMILES string of the molecule is Cc1cc(C(=O)Nc2ccncc2)ccc1Nc1ncc2c(n1)N(C1CCCC1)CCC(=O)N2C. The van der Waals surface area contributed by atoms with E-state index < -0.39 is 0 Å². The number of anilines is 5. The maximum atomic E-state index is 12.6. The summed E-state index contributed by atoms with van der Waals surface area (Å²) in [6.07, 6.45) is 10.1. The third kappa shape index (κ3) is 4.80. The summed E-state index contributed by atoms with van der Waals surface area (Å²) in [6, 6.07) is 9.35. The number of hydrogen-bond acceptors (Lipinski definition) is 7. The van der Waals surface area contributed by atoms with E-state index in [0.717, 1.165) is 35.6 Å². The number of nitrogens with zero attached hydrogens (tertiary/aromatic N) is 5. The summed E-state index contributed by atoms with van der Waals surface area (Å²) in [4.78, 5) is 42.5. The maximum absolute atomic E-state index is 12.6. The van der Waals surface area contributed by atoms with Crippen molar-refractivity contribution >= 4 is 40.6 Å². The van der Waals surface area contributed by atoms with E-state index in [-0.39, 0.29) is 11.8 Å². The largest absolute Gasteiger partial charge is 0.351 e. The van der Waals surface area contributed by atoms with Crippen molar-refractivity contribution in [3.05, 3.63) is 60.0 Å². The van der Waals surface area contributed by atoms with Crippen LogP contribution < -0.4 is 20.4 Å². The summed E-state index contributed by atoms with van der Waals surface area (Å²) >= 11 is 0. The van der Waals surface area contributed by atoms with Gasteiger partial charge in [-0.05, 0) is 55.7 Å². The Morgan fingerprint density at radius 2 is 1.89 bits per heavy atom. The van der Waals surface area contributed by atoms with Crippen LogP contribution in [-0.4, -0.2) is 46.4 Å². The highest BCUT2D eigenvalue weighted by molar-refractivity contribution is 6.04. The van der Waals surface area contributed by atoms with Gasteiger partial charge in [0.1, 0.15) is 5.69 Å². The number of aryl methyl sites for hydroxylation is 1. The zero-order chi connectivity index (χ0) is 24.4. The maximum Gasteiger partial charge on any atom is 0.255 e. The fourth-order valence-corrected chi connectivity index (χ4v) is 4.77. The minimum atomic E-state index is -0.188. The first-order chi connectivity index (χ1) is 17.0. The molecule has 1 aromatic carbocycles. The third-order valence-corrected chi connectivity index (χ3v) is 6.76. The van der Waals surface area contributed by atoms with Crippen molar-refractivity contribution in [3.63, 3.8) is 0 Å². The van der Waals surface area contributed by atoms with Crippen molar-refractivity contribution in [3.8, 4) is 0 Å². The van der Waals surface area contributed by atoms with Crippen molar-refractivity contribution in [2.45, 2.75) is 45.1 Å². The summed E-state index contributed by atoms with van der Waals surface area (Å²) in [7, 11) is 1.79. The topological polar surface area (TPSA) is 103 Å². The lowest BCUT2D eigenvalue weighted by molar-refractivity contribution is -0.118. The van der Waals surface area contributed by atoms with Crippen LogP contribution in [-0.2, 0) is 4.79 Å². The molecule has 1 fully saturated rings. The average molecular weight is 472 g/mol. The first-order valence-corrected chi connectivity index (χ1v) is 12.0. The third-order valence-electron chi connectivity index (χ3n) is 6.76. The quantitative estimate of drug-likeness (QED) is 0.572. The second kappa shape index (κ2) is 9.69. The van der Waals surface area contributed by atoms with Gasteiger partial charge in [-0.25, -0.2) is 4.98 Å². The smallest absolute Gasteiger partial charge is 0.255 e. The summed E-state index contributed by atoms with van der Waals surface area (Å²) in [6.45, 7) is 2.60. The molecule has 5 rings (SSSR count). The molecule has 0 radical (unpaired) electrons. The Balaban J connectivity index is 1.38. The number of nitrogens with one attached hydrogen (secondary N) is 2. The standard InChI is InChI=1S/C26H29N7O2/c1-17-15-18(25(35)29-19-9-12-27-13-10-19)7-8-21(17)30-26-28-16-22-24(31-26)33(20-5-3-4-6-20)14-11-23(34)32(22)2/h7-10,12-13,15-16,20H,3-6,11,14H2,1-2H3,(H,27,29,35)(H,28,30,31). The van der Waals surface area contributed by atoms with Crippen LogP contribution >= 0.6 is 0 Å². The number of rotatable bonds is 5. The first kappa shape index (κ1) is 22.8. The predicted octanol–water partition coefficient (Wildman–Crippen LogP) is 4.29. The molecule has 2 aromatic heterocycles. The highest BCUT2D eigenvalue weighted by atomic mass is 16.2. The molecule has 35 heavy (non-hydrogen) atoms. The van der Waals surface area contributed by atoms with Crippen LogP contribution in [0.5, 0.6) is 0 Å². The Morgan fingerprint density at radius 1 is 1.11 bits per heavy atom. The molecule has 2 N–H and O–H groups in total. The molecule has 2 aliphatic rings. The van der Waals surface area contributed by atoms with Crippen LogP contribution in [0, 0.1) is 6.92 Å². The number of carbonyl (C=O) groups excluding carboxylic acids is 2. The molecular weight excluding hydrogens is 442 g/mol. The van der Waals surface area contributed by atoms with Gasteiger partial charge in [-0.2, -0.15) is 4.98 Å². The zero-order valence-corrected chi connectivity index (χ0v) is 20.0. The van der Waals surface area contributed by atoms with E-state index in [9.17, 15) is 9.59 Å². The fraction of sp³-hybridized carbons (Fsp3) is 0.346. The van der Waals surface area contributed by atoms with Crippen LogP contribution in [0.1, 0.15) is 48.0 Å². The number of pyridine rings is 1. The summed E-state index contributed by atoms with van der Waals surface area (Å²) < 4.78 is 0. The van der Waals surface area contributed by atoms with E-state index >= 15 is 0 Å². The van der Waals surface area contributed by atoms with Crippen molar-refractivity contribution in [2.24, 2.45) is 0 Å². The molecule has 0 spiro atoms. The number of amides is 2. The molecule has 2 amide bonds. The van der Waals surface area contributed by atoms with Gasteiger partial charge in [0.15, 0.2) is 5.82 Å². The Labute approximate surface area is 204 Å². The molecular formula is C26H29N7O2. The minimum Gasteiger partial charge on any atom is -0.351 e. The van der Waals surface area contributed by atoms with Gasteiger partial charge in [-0.15, -0.1) is 0 Å². The zero-order valence-electron chi connectivity index (χ0n) is 20.0. The van der Waals surface area contributed by atoms with Crippen LogP contribution in [0.15, 0.2) is 48.9 Å². The second-order valence-corrected chi connectivity index (χ2v) is 9.08. The van der Waals surface area contributed by atoms with Gasteiger partial charge < -0.3 is 20.4 Å². The normalized spacial score (nSPS) is 16.1. The van der Waals surface area contributed by atoms with E-state index in [1.165, 1.54) is 12.8 Å². The summed E-state index contributed by atoms with van der Waals surface area (Å²) in [5.41, 5.74) is 3.70. The lowest BCUT2D eigenvalue weighted by atomic mass is 10.1. The van der Waals surface area contributed by atoms with Crippen LogP contribution in [0.4, 0.5) is 28.8 Å². The van der Waals surface area contributed by atoms with Crippen LogP contribution in [0.2, 0.25) is 0 Å². The summed E-state index contributed by atoms with van der Waals surface area (Å²) in [5, 5.41) is 6.18. The molecule has 0 unspecified atom stereocenters. The fourth-order valence-electron chi connectivity index (χ4n) is 4.77. The van der Waals surface area contributed by atoms with Gasteiger partial charge >= 0.3 is 0 Å². The Hall–Kier alpha value is -4.01. The number of hydrogen-bond donors (Lipinski definition) is 2. The van der Waals surface area contributed by atoms with Crippen molar-refractivity contribution in [2.75, 3.05) is 34.0 Å². The Bertz CT molecular complexity index is 1240. The number of benzene rings is 1. The molecule has 0 bridgehead atoms. The average Bonchev–Trinajstić information content (AvgIpc) is 3.36. The van der Waals surface area contributed by atoms with Gasteiger partial charge in [-0.3, -0.25) is 14.6 Å². The molecule has 1 aliphatic carbocycles. The van der Waals surface area contributed by atoms with Gasteiger partial charge in [0.2, 0.25) is 11.9 Å². The van der Waals surface area contributed by atoms with E-state index in [2.05, 4.69) is 25.5 Å². The molecule has 3 aromatic rings. The molecule has 180 valence electrons. The monoisotopic (exact) mass is 471 g/mol. The molecule has 0 atom stereocenters. The predicted molar refractivity (Wildman–Crippen MR) is 136 cm³/mol. The van der Waals surface area contributed by atoms with Crippen LogP contribution in [0.3, 0.4) is 0 Å². The summed E-state index contributed by atoms with van der Waals surface area (Å²) in [5.74, 6) is 1.15. The Kier molecular flexibility index (Phi) is 6.31. The van der Waals surface area contributed by atoms with Gasteiger partial charge in [-0.1, -0.05) is 12.8 Å². The number of carbonyl (C=O) groups is 2. The van der Waals surface area contributed by atoms with Gasteiger partial charge in [0.25, 0.3) is 5.91 Å². The molecule has 0 saturated heterocycles. The first-order valence-electron chi connectivity index (χ1n) is 12.0. The number of fused-ring (bicyclic) bond motifs is 1. The van der Waals surface area contributed by atoms with Crippen LogP contribution in [0.25, 0.3) is 0 Å². The molecule has 9 heteroatoms. The highest BCUT2D eigenvalue weighted by Gasteiger charge is 2.31. The minimum absolute atomic E-state index is 0.0764. The van der Waals surface area contributed by atoms with Gasteiger partial charge in [0, 0.05) is 55.4 Å². The lowest BCUT2D eigenvalue weighted by Crippen LogP contribution is -2.34. The lowest BCUT2D eigenvalue weighted by Gasteiger charge is -2.30. The van der Waals surface area contributed by atoms with E-state index in [4.69, 9.17) is 4.98 Å². The number of aromatic nitrogens is 3.